The summed E-state index contributed by atoms with van der Waals surface area (Å²) >= 11 is 6.11. The summed E-state index contributed by atoms with van der Waals surface area (Å²) in [6.07, 6.45) is 2.38. The molecule has 25 heavy (non-hydrogen) atoms. The lowest BCUT2D eigenvalue weighted by Gasteiger charge is -2.12. The van der Waals surface area contributed by atoms with Crippen molar-refractivity contribution in [2.45, 2.75) is 18.4 Å². The smallest absolute Gasteiger partial charge is 0.346 e. The van der Waals surface area contributed by atoms with Gasteiger partial charge in [-0.3, -0.25) is 0 Å². The van der Waals surface area contributed by atoms with E-state index in [9.17, 15) is 18.0 Å². The Hall–Kier alpha value is -2.39. The largest absolute Gasteiger partial charge is 0.465 e. The fourth-order valence-electron chi connectivity index (χ4n) is 2.11. The molecule has 1 aromatic heterocycles. The molecule has 0 saturated carbocycles. The normalized spacial score (nSPS) is 11.2. The number of hydrogen-bond acceptors (Lipinski definition) is 7. The van der Waals surface area contributed by atoms with Gasteiger partial charge < -0.3 is 9.47 Å². The van der Waals surface area contributed by atoms with Gasteiger partial charge in [0.2, 0.25) is 5.88 Å². The van der Waals surface area contributed by atoms with E-state index in [2.05, 4.69) is 9.84 Å². The molecule has 0 fully saturated rings. The maximum Gasteiger partial charge on any atom is 0.346 e. The molecule has 8 nitrogen and oxygen atoms in total. The molecule has 0 atom stereocenters. The van der Waals surface area contributed by atoms with E-state index in [0.717, 1.165) is 19.4 Å². The van der Waals surface area contributed by atoms with Crippen LogP contribution in [0.1, 0.15) is 27.6 Å². The Kier molecular flexibility index (Phi) is 5.48. The summed E-state index contributed by atoms with van der Waals surface area (Å²) in [5.41, 5.74) is -0.580. The van der Waals surface area contributed by atoms with Crippen LogP contribution in [-0.2, 0) is 21.1 Å². The molecule has 0 amide bonds. The number of sulfone groups is 1. The van der Waals surface area contributed by atoms with Crippen LogP contribution in [-0.4, -0.2) is 43.5 Å². The lowest BCUT2D eigenvalue weighted by atomic mass is 10.1. The molecule has 0 spiro atoms. The first-order chi connectivity index (χ1) is 11.7. The average molecular weight is 387 g/mol. The molecule has 0 radical (unpaired) electrons. The molecule has 0 bridgehead atoms. The van der Waals surface area contributed by atoms with Crippen molar-refractivity contribution < 1.29 is 27.5 Å². The van der Waals surface area contributed by atoms with Gasteiger partial charge in [-0.1, -0.05) is 11.6 Å². The van der Waals surface area contributed by atoms with Crippen LogP contribution in [0.4, 0.5) is 0 Å². The standard InChI is InChI=1S/C15H15ClN2O6S/c1-4-18-11(7-8-17-18)24-14(19)9-5-6-10(25(3,21)22)12(13(9)16)15(20)23-2/h5-8H,4H2,1-3H3. The number of nitrogens with zero attached hydrogens (tertiary/aromatic N) is 2. The number of aryl methyl sites for hydroxylation is 1. The minimum absolute atomic E-state index is 0.168. The summed E-state index contributed by atoms with van der Waals surface area (Å²) in [5.74, 6) is -1.64. The Morgan fingerprint density at radius 2 is 1.92 bits per heavy atom. The maximum absolute atomic E-state index is 12.4. The quantitative estimate of drug-likeness (QED) is 0.723. The zero-order valence-corrected chi connectivity index (χ0v) is 15.2. The number of ether oxygens (including phenoxy) is 2. The number of rotatable bonds is 5. The molecule has 1 aromatic carbocycles. The van der Waals surface area contributed by atoms with Crippen molar-refractivity contribution in [2.24, 2.45) is 0 Å². The highest BCUT2D eigenvalue weighted by molar-refractivity contribution is 7.90. The summed E-state index contributed by atoms with van der Waals surface area (Å²) in [6, 6.07) is 3.78. The van der Waals surface area contributed by atoms with Crippen LogP contribution >= 0.6 is 11.6 Å². The van der Waals surface area contributed by atoms with Gasteiger partial charge in [-0.15, -0.1) is 0 Å². The third kappa shape index (κ3) is 3.83. The van der Waals surface area contributed by atoms with E-state index in [1.807, 2.05) is 6.92 Å². The van der Waals surface area contributed by atoms with Crippen molar-refractivity contribution >= 4 is 33.4 Å². The van der Waals surface area contributed by atoms with Crippen LogP contribution in [0.5, 0.6) is 5.88 Å². The second-order valence-electron chi connectivity index (χ2n) is 4.94. The number of carbonyl (C=O) groups excluding carboxylic acids is 2. The number of methoxy groups -OCH3 is 1. The summed E-state index contributed by atoms with van der Waals surface area (Å²) in [6.45, 7) is 2.29. The second-order valence-corrected chi connectivity index (χ2v) is 7.30. The van der Waals surface area contributed by atoms with Crippen molar-refractivity contribution in [1.82, 2.24) is 9.78 Å². The Labute approximate surface area is 149 Å². The third-order valence-corrected chi connectivity index (χ3v) is 4.82. The fraction of sp³-hybridized carbons (Fsp3) is 0.267. The summed E-state index contributed by atoms with van der Waals surface area (Å²) in [5, 5.41) is 3.60. The van der Waals surface area contributed by atoms with Gasteiger partial charge in [-0.05, 0) is 19.1 Å². The van der Waals surface area contributed by atoms with Crippen molar-refractivity contribution in [3.8, 4) is 5.88 Å². The Balaban J connectivity index is 2.52. The number of aromatic nitrogens is 2. The van der Waals surface area contributed by atoms with Crippen molar-refractivity contribution in [1.29, 1.82) is 0 Å². The summed E-state index contributed by atoms with van der Waals surface area (Å²) in [4.78, 5) is 24.0. The SMILES string of the molecule is CCn1nccc1OC(=O)c1ccc(S(C)(=O)=O)c(C(=O)OC)c1Cl. The van der Waals surface area contributed by atoms with Crippen molar-refractivity contribution in [2.75, 3.05) is 13.4 Å². The summed E-state index contributed by atoms with van der Waals surface area (Å²) in [7, 11) is -2.69. The predicted octanol–water partition coefficient (Wildman–Crippen LogP) is 1.97. The number of carbonyl (C=O) groups is 2. The number of esters is 2. The minimum atomic E-state index is -3.77. The van der Waals surface area contributed by atoms with Crippen molar-refractivity contribution in [3.05, 3.63) is 40.5 Å². The molecule has 0 aliphatic rings. The van der Waals surface area contributed by atoms with Crippen molar-refractivity contribution in [3.63, 3.8) is 0 Å². The molecule has 0 aliphatic heterocycles. The zero-order chi connectivity index (χ0) is 18.8. The lowest BCUT2D eigenvalue weighted by molar-refractivity contribution is 0.0596. The maximum atomic E-state index is 12.4. The fourth-order valence-corrected chi connectivity index (χ4v) is 3.36. The molecule has 2 rings (SSSR count). The van der Waals surface area contributed by atoms with Crippen LogP contribution in [0.25, 0.3) is 0 Å². The molecule has 0 aliphatic carbocycles. The highest BCUT2D eigenvalue weighted by Gasteiger charge is 2.27. The summed E-state index contributed by atoms with van der Waals surface area (Å²) < 4.78 is 34.9. The molecule has 2 aromatic rings. The van der Waals surface area contributed by atoms with Crippen LogP contribution in [0, 0.1) is 0 Å². The Bertz CT molecular complexity index is 935. The van der Waals surface area contributed by atoms with Gasteiger partial charge in [0, 0.05) is 18.9 Å². The molecular formula is C15H15ClN2O6S. The highest BCUT2D eigenvalue weighted by atomic mass is 35.5. The van der Waals surface area contributed by atoms with Crippen LogP contribution in [0.2, 0.25) is 5.02 Å². The number of benzene rings is 1. The zero-order valence-electron chi connectivity index (χ0n) is 13.6. The van der Waals surface area contributed by atoms with Gasteiger partial charge in [0.25, 0.3) is 0 Å². The van der Waals surface area contributed by atoms with E-state index in [4.69, 9.17) is 16.3 Å². The van der Waals surface area contributed by atoms with Crippen LogP contribution in [0.3, 0.4) is 0 Å². The van der Waals surface area contributed by atoms with E-state index < -0.39 is 27.3 Å². The van der Waals surface area contributed by atoms with E-state index in [0.29, 0.717) is 6.54 Å². The molecule has 1 heterocycles. The monoisotopic (exact) mass is 386 g/mol. The van der Waals surface area contributed by atoms with Gasteiger partial charge in [0.05, 0.1) is 34.4 Å². The number of halogens is 1. The Morgan fingerprint density at radius 1 is 1.24 bits per heavy atom. The average Bonchev–Trinajstić information content (AvgIpc) is 2.99. The van der Waals surface area contributed by atoms with Crippen LogP contribution < -0.4 is 4.74 Å². The molecule has 0 saturated heterocycles. The number of hydrogen-bond donors (Lipinski definition) is 0. The van der Waals surface area contributed by atoms with Gasteiger partial charge >= 0.3 is 11.9 Å². The first kappa shape index (κ1) is 18.9. The molecular weight excluding hydrogens is 372 g/mol. The predicted molar refractivity (Wildman–Crippen MR) is 88.8 cm³/mol. The first-order valence-corrected chi connectivity index (χ1v) is 9.32. The third-order valence-electron chi connectivity index (χ3n) is 3.29. The topological polar surface area (TPSA) is 105 Å². The first-order valence-electron chi connectivity index (χ1n) is 7.05. The molecule has 10 heteroatoms. The van der Waals surface area contributed by atoms with Gasteiger partial charge in [0.15, 0.2) is 9.84 Å². The van der Waals surface area contributed by atoms with E-state index >= 15 is 0 Å². The highest BCUT2D eigenvalue weighted by Crippen LogP contribution is 2.29. The second kappa shape index (κ2) is 7.24. The Morgan fingerprint density at radius 3 is 2.48 bits per heavy atom. The van der Waals surface area contributed by atoms with Gasteiger partial charge in [-0.2, -0.15) is 5.10 Å². The van der Waals surface area contributed by atoms with E-state index in [-0.39, 0.29) is 21.4 Å². The van der Waals surface area contributed by atoms with Gasteiger partial charge in [0.1, 0.15) is 0 Å². The van der Waals surface area contributed by atoms with Gasteiger partial charge in [-0.25, -0.2) is 22.7 Å². The minimum Gasteiger partial charge on any atom is -0.465 e. The lowest BCUT2D eigenvalue weighted by Crippen LogP contribution is -2.17. The molecule has 134 valence electrons. The van der Waals surface area contributed by atoms with Crippen LogP contribution in [0.15, 0.2) is 29.3 Å². The van der Waals surface area contributed by atoms with E-state index in [1.165, 1.54) is 23.0 Å². The molecule has 0 N–H and O–H groups in total. The molecule has 0 unspecified atom stereocenters. The van der Waals surface area contributed by atoms with E-state index in [1.54, 1.807) is 0 Å².